The fraction of sp³-hybridized carbons (Fsp3) is 0.143. The van der Waals surface area contributed by atoms with Crippen LogP contribution in [0.3, 0.4) is 0 Å². The number of anilines is 2. The number of carbonyl (C=O) groups excluding carboxylic acids is 2. The van der Waals surface area contributed by atoms with E-state index in [0.29, 0.717) is 22.7 Å². The molecule has 0 fully saturated rings. The molecule has 0 saturated carbocycles. The van der Waals surface area contributed by atoms with Crippen molar-refractivity contribution >= 4 is 23.3 Å². The van der Waals surface area contributed by atoms with Gasteiger partial charge in [-0.05, 0) is 36.8 Å². The Morgan fingerprint density at radius 2 is 2.10 bits per heavy atom. The molecule has 3 aromatic rings. The van der Waals surface area contributed by atoms with Crippen molar-refractivity contribution in [1.82, 2.24) is 9.97 Å². The summed E-state index contributed by atoms with van der Waals surface area (Å²) in [5.41, 5.74) is 8.14. The predicted octanol–water partition coefficient (Wildman–Crippen LogP) is 3.15. The second-order valence-corrected chi connectivity index (χ2v) is 6.74. The maximum Gasteiger partial charge on any atom is 0.326 e. The highest BCUT2D eigenvalue weighted by Crippen LogP contribution is 2.33. The minimum atomic E-state index is -0.672. The fourth-order valence-corrected chi connectivity index (χ4v) is 3.24. The molecule has 1 aromatic carbocycles. The smallest absolute Gasteiger partial charge is 0.326 e. The molecular weight excluding hydrogens is 389 g/mol. The molecule has 3 amide bonds. The third kappa shape index (κ3) is 3.64. The van der Waals surface area contributed by atoms with Crippen LogP contribution in [0, 0.1) is 12.7 Å². The van der Waals surface area contributed by atoms with Crippen LogP contribution in [0.4, 0.5) is 20.6 Å². The van der Waals surface area contributed by atoms with E-state index >= 15 is 0 Å². The number of nitrogens with two attached hydrogens (primary N) is 1. The van der Waals surface area contributed by atoms with Crippen molar-refractivity contribution in [2.45, 2.75) is 20.1 Å². The Bertz CT molecular complexity index is 1150. The maximum atomic E-state index is 13.8. The maximum absolute atomic E-state index is 13.8. The summed E-state index contributed by atoms with van der Waals surface area (Å²) >= 11 is 0. The zero-order chi connectivity index (χ0) is 21.3. The first-order valence-electron chi connectivity index (χ1n) is 9.13. The van der Waals surface area contributed by atoms with Crippen LogP contribution >= 0.6 is 0 Å². The number of benzene rings is 1. The standard InChI is InChI=1S/C21H18FN5O3/c1-12-4-5-13(30-11-17-15(22)3-2-7-24-17)9-18(12)27-10-14-16(26-21(27)29)6-8-25-19(14)20(23)28/h2-9H,10-11H2,1H3,(H2,23,28)(H,26,29). The zero-order valence-electron chi connectivity index (χ0n) is 16.1. The number of urea groups is 1. The first-order valence-corrected chi connectivity index (χ1v) is 9.13. The van der Waals surface area contributed by atoms with Gasteiger partial charge in [0.05, 0.1) is 17.9 Å². The Morgan fingerprint density at radius 3 is 2.87 bits per heavy atom. The second kappa shape index (κ2) is 7.78. The highest BCUT2D eigenvalue weighted by Gasteiger charge is 2.28. The van der Waals surface area contributed by atoms with Gasteiger partial charge in [0.1, 0.15) is 29.6 Å². The lowest BCUT2D eigenvalue weighted by Crippen LogP contribution is -2.40. The minimum absolute atomic E-state index is 0.0556. The number of nitrogens with one attached hydrogen (secondary N) is 1. The van der Waals surface area contributed by atoms with Gasteiger partial charge >= 0.3 is 6.03 Å². The number of carbonyl (C=O) groups is 2. The van der Waals surface area contributed by atoms with Gasteiger partial charge < -0.3 is 15.8 Å². The van der Waals surface area contributed by atoms with Gasteiger partial charge in [0.25, 0.3) is 5.91 Å². The van der Waals surface area contributed by atoms with Crippen LogP contribution in [0.1, 0.15) is 27.3 Å². The van der Waals surface area contributed by atoms with Crippen LogP contribution in [-0.4, -0.2) is 21.9 Å². The van der Waals surface area contributed by atoms with Crippen molar-refractivity contribution in [3.8, 4) is 5.75 Å². The molecule has 152 valence electrons. The van der Waals surface area contributed by atoms with Gasteiger partial charge in [0.2, 0.25) is 0 Å². The van der Waals surface area contributed by atoms with Crippen LogP contribution in [0.5, 0.6) is 5.75 Å². The van der Waals surface area contributed by atoms with E-state index in [2.05, 4.69) is 15.3 Å². The van der Waals surface area contributed by atoms with Gasteiger partial charge in [0, 0.05) is 24.0 Å². The monoisotopic (exact) mass is 407 g/mol. The molecule has 3 heterocycles. The molecule has 1 aliphatic rings. The van der Waals surface area contributed by atoms with Crippen LogP contribution in [0.25, 0.3) is 0 Å². The van der Waals surface area contributed by atoms with Gasteiger partial charge in [-0.1, -0.05) is 6.07 Å². The van der Waals surface area contributed by atoms with E-state index in [9.17, 15) is 14.0 Å². The number of pyridine rings is 2. The highest BCUT2D eigenvalue weighted by atomic mass is 19.1. The fourth-order valence-electron chi connectivity index (χ4n) is 3.24. The van der Waals surface area contributed by atoms with E-state index < -0.39 is 11.7 Å². The van der Waals surface area contributed by atoms with E-state index in [1.165, 1.54) is 29.4 Å². The van der Waals surface area contributed by atoms with Gasteiger partial charge in [-0.25, -0.2) is 9.18 Å². The molecule has 0 spiro atoms. The van der Waals surface area contributed by atoms with Gasteiger partial charge in [-0.3, -0.25) is 19.7 Å². The summed E-state index contributed by atoms with van der Waals surface area (Å²) < 4.78 is 19.5. The van der Waals surface area contributed by atoms with Gasteiger partial charge in [-0.2, -0.15) is 0 Å². The number of aryl methyl sites for hydroxylation is 1. The van der Waals surface area contributed by atoms with Crippen molar-refractivity contribution in [3.63, 3.8) is 0 Å². The number of halogens is 1. The molecule has 30 heavy (non-hydrogen) atoms. The van der Waals surface area contributed by atoms with Crippen molar-refractivity contribution in [1.29, 1.82) is 0 Å². The Kier molecular flexibility index (Phi) is 5.01. The molecule has 1 aliphatic heterocycles. The molecule has 8 nitrogen and oxygen atoms in total. The normalized spacial score (nSPS) is 12.9. The Balaban J connectivity index is 1.62. The molecular formula is C21H18FN5O3. The van der Waals surface area contributed by atoms with E-state index in [1.807, 2.05) is 6.92 Å². The third-order valence-corrected chi connectivity index (χ3v) is 4.77. The number of fused-ring (bicyclic) bond motifs is 1. The summed E-state index contributed by atoms with van der Waals surface area (Å²) in [4.78, 5) is 33.9. The number of aromatic nitrogens is 2. The van der Waals surface area contributed by atoms with Crippen LogP contribution in [0.2, 0.25) is 0 Å². The van der Waals surface area contributed by atoms with E-state index in [1.54, 1.807) is 24.3 Å². The summed E-state index contributed by atoms with van der Waals surface area (Å²) in [6.07, 6.45) is 2.91. The number of primary amides is 1. The molecule has 0 radical (unpaired) electrons. The van der Waals surface area contributed by atoms with E-state index in [4.69, 9.17) is 10.5 Å². The Hall–Kier alpha value is -4.01. The molecule has 3 N–H and O–H groups in total. The molecule has 0 bridgehead atoms. The highest BCUT2D eigenvalue weighted by molar-refractivity contribution is 6.06. The van der Waals surface area contributed by atoms with Crippen LogP contribution in [-0.2, 0) is 13.2 Å². The second-order valence-electron chi connectivity index (χ2n) is 6.74. The van der Waals surface area contributed by atoms with Crippen LogP contribution < -0.4 is 20.7 Å². The molecule has 0 aliphatic carbocycles. The average Bonchev–Trinajstić information content (AvgIpc) is 2.73. The third-order valence-electron chi connectivity index (χ3n) is 4.77. The Morgan fingerprint density at radius 1 is 1.27 bits per heavy atom. The number of hydrogen-bond acceptors (Lipinski definition) is 5. The lowest BCUT2D eigenvalue weighted by atomic mass is 10.1. The molecule has 0 unspecified atom stereocenters. The summed E-state index contributed by atoms with van der Waals surface area (Å²) in [7, 11) is 0. The van der Waals surface area contributed by atoms with Crippen molar-refractivity contribution in [2.24, 2.45) is 5.73 Å². The number of ether oxygens (including phenoxy) is 1. The number of rotatable bonds is 5. The van der Waals surface area contributed by atoms with Crippen LogP contribution in [0.15, 0.2) is 48.8 Å². The lowest BCUT2D eigenvalue weighted by Gasteiger charge is -2.31. The van der Waals surface area contributed by atoms with E-state index in [-0.39, 0.29) is 30.6 Å². The Labute approximate surface area is 171 Å². The van der Waals surface area contributed by atoms with Crippen molar-refractivity contribution < 1.29 is 18.7 Å². The van der Waals surface area contributed by atoms with E-state index in [0.717, 1.165) is 5.56 Å². The summed E-state index contributed by atoms with van der Waals surface area (Å²) in [6, 6.07) is 9.27. The molecule has 0 saturated heterocycles. The topological polar surface area (TPSA) is 110 Å². The summed E-state index contributed by atoms with van der Waals surface area (Å²) in [5, 5.41) is 2.75. The number of amides is 3. The lowest BCUT2D eigenvalue weighted by molar-refractivity contribution is 0.0994. The first-order chi connectivity index (χ1) is 14.4. The van der Waals surface area contributed by atoms with Crippen molar-refractivity contribution in [2.75, 3.05) is 10.2 Å². The zero-order valence-corrected chi connectivity index (χ0v) is 16.1. The van der Waals surface area contributed by atoms with Gasteiger partial charge in [0.15, 0.2) is 0 Å². The predicted molar refractivity (Wildman–Crippen MR) is 108 cm³/mol. The quantitative estimate of drug-likeness (QED) is 0.675. The first kappa shape index (κ1) is 19.3. The number of nitrogens with zero attached hydrogens (tertiary/aromatic N) is 3. The summed E-state index contributed by atoms with van der Waals surface area (Å²) in [6.45, 7) is 1.91. The largest absolute Gasteiger partial charge is 0.487 e. The number of hydrogen-bond donors (Lipinski definition) is 2. The molecule has 0 atom stereocenters. The molecule has 9 heteroatoms. The SMILES string of the molecule is Cc1ccc(OCc2ncccc2F)cc1N1Cc2c(ccnc2C(N)=O)NC1=O. The van der Waals surface area contributed by atoms with Crippen molar-refractivity contribution in [3.05, 3.63) is 77.1 Å². The average molecular weight is 407 g/mol. The molecule has 4 rings (SSSR count). The molecule has 2 aromatic heterocycles. The van der Waals surface area contributed by atoms with Gasteiger partial charge in [-0.15, -0.1) is 0 Å². The summed E-state index contributed by atoms with van der Waals surface area (Å²) in [5.74, 6) is -0.682. The minimum Gasteiger partial charge on any atom is -0.487 e.